The van der Waals surface area contributed by atoms with Gasteiger partial charge in [-0.1, -0.05) is 19.1 Å². The largest absolute Gasteiger partial charge is 0.370 e. The van der Waals surface area contributed by atoms with Crippen LogP contribution in [0, 0.1) is 19.7 Å². The summed E-state index contributed by atoms with van der Waals surface area (Å²) < 4.78 is 13.6. The van der Waals surface area contributed by atoms with E-state index in [9.17, 15) is 4.39 Å². The molecule has 0 bridgehead atoms. The second-order valence-corrected chi connectivity index (χ2v) is 4.54. The van der Waals surface area contributed by atoms with Crippen LogP contribution in [0.2, 0.25) is 0 Å². The molecule has 0 saturated carbocycles. The average molecular weight is 259 g/mol. The molecule has 0 amide bonds. The highest BCUT2D eigenvalue weighted by molar-refractivity contribution is 5.70. The zero-order valence-electron chi connectivity index (χ0n) is 11.5. The molecule has 0 aliphatic rings. The lowest BCUT2D eigenvalue weighted by atomic mass is 10.0. The van der Waals surface area contributed by atoms with E-state index in [1.54, 1.807) is 13.0 Å². The molecule has 0 fully saturated rings. The summed E-state index contributed by atoms with van der Waals surface area (Å²) in [6, 6.07) is 5.06. The van der Waals surface area contributed by atoms with Crippen molar-refractivity contribution in [1.29, 1.82) is 0 Å². The van der Waals surface area contributed by atoms with Crippen molar-refractivity contribution in [3.63, 3.8) is 0 Å². The zero-order valence-corrected chi connectivity index (χ0v) is 11.5. The molecule has 0 aliphatic carbocycles. The van der Waals surface area contributed by atoms with Gasteiger partial charge in [-0.2, -0.15) is 0 Å². The Kier molecular flexibility index (Phi) is 4.10. The van der Waals surface area contributed by atoms with Gasteiger partial charge >= 0.3 is 0 Å². The fraction of sp³-hybridized carbons (Fsp3) is 0.333. The molecule has 1 heterocycles. The topological polar surface area (TPSA) is 37.8 Å². The second kappa shape index (κ2) is 5.78. The Hall–Kier alpha value is -1.97. The van der Waals surface area contributed by atoms with Crippen molar-refractivity contribution < 1.29 is 4.39 Å². The Morgan fingerprint density at radius 3 is 2.68 bits per heavy atom. The van der Waals surface area contributed by atoms with Crippen molar-refractivity contribution in [3.05, 3.63) is 41.5 Å². The molecular weight excluding hydrogens is 241 g/mol. The van der Waals surface area contributed by atoms with Crippen LogP contribution in [0.3, 0.4) is 0 Å². The number of aromatic nitrogens is 2. The van der Waals surface area contributed by atoms with Crippen LogP contribution in [0.15, 0.2) is 24.5 Å². The van der Waals surface area contributed by atoms with Gasteiger partial charge < -0.3 is 5.32 Å². The van der Waals surface area contributed by atoms with Gasteiger partial charge in [0.2, 0.25) is 0 Å². The van der Waals surface area contributed by atoms with Gasteiger partial charge in [0, 0.05) is 17.7 Å². The van der Waals surface area contributed by atoms with Gasteiger partial charge in [-0.05, 0) is 31.9 Å². The van der Waals surface area contributed by atoms with Crippen molar-refractivity contribution in [3.8, 4) is 11.3 Å². The number of halogens is 1. The van der Waals surface area contributed by atoms with Gasteiger partial charge in [0.05, 0.1) is 5.69 Å². The van der Waals surface area contributed by atoms with Crippen LogP contribution in [0.1, 0.15) is 24.5 Å². The summed E-state index contributed by atoms with van der Waals surface area (Å²) in [5, 5.41) is 3.26. The minimum Gasteiger partial charge on any atom is -0.370 e. The van der Waals surface area contributed by atoms with Crippen LogP contribution in [0.4, 0.5) is 10.2 Å². The van der Waals surface area contributed by atoms with E-state index in [-0.39, 0.29) is 5.82 Å². The van der Waals surface area contributed by atoms with Gasteiger partial charge in [-0.15, -0.1) is 0 Å². The maximum absolute atomic E-state index is 13.6. The Labute approximate surface area is 112 Å². The van der Waals surface area contributed by atoms with Crippen molar-refractivity contribution in [1.82, 2.24) is 9.97 Å². The minimum atomic E-state index is -0.210. The predicted octanol–water partition coefficient (Wildman–Crippen LogP) is 3.72. The van der Waals surface area contributed by atoms with Gasteiger partial charge in [-0.25, -0.2) is 14.4 Å². The standard InChI is InChI=1S/C15H18FN3/c1-4-8-17-15-11(3)14(18-9-19-15)12-6-5-7-13(16)10(12)2/h5-7,9H,4,8H2,1-3H3,(H,17,18,19). The summed E-state index contributed by atoms with van der Waals surface area (Å²) >= 11 is 0. The molecule has 19 heavy (non-hydrogen) atoms. The Bertz CT molecular complexity index is 582. The van der Waals surface area contributed by atoms with Gasteiger partial charge in [-0.3, -0.25) is 0 Å². The first-order valence-corrected chi connectivity index (χ1v) is 6.46. The summed E-state index contributed by atoms with van der Waals surface area (Å²) in [7, 11) is 0. The van der Waals surface area contributed by atoms with Crippen LogP contribution in [0.25, 0.3) is 11.3 Å². The molecule has 2 aromatic rings. The maximum Gasteiger partial charge on any atom is 0.132 e. The second-order valence-electron chi connectivity index (χ2n) is 4.54. The van der Waals surface area contributed by atoms with Crippen LogP contribution in [-0.2, 0) is 0 Å². The first-order valence-electron chi connectivity index (χ1n) is 6.46. The molecular formula is C15H18FN3. The third-order valence-corrected chi connectivity index (χ3v) is 3.15. The molecule has 1 aromatic heterocycles. The number of nitrogens with zero attached hydrogens (tertiary/aromatic N) is 2. The van der Waals surface area contributed by atoms with Gasteiger partial charge in [0.25, 0.3) is 0 Å². The van der Waals surface area contributed by atoms with Crippen molar-refractivity contribution in [2.75, 3.05) is 11.9 Å². The monoisotopic (exact) mass is 259 g/mol. The lowest BCUT2D eigenvalue weighted by Crippen LogP contribution is -2.06. The van der Waals surface area contributed by atoms with Crippen LogP contribution in [0.5, 0.6) is 0 Å². The number of rotatable bonds is 4. The summed E-state index contributed by atoms with van der Waals surface area (Å²) in [5.41, 5.74) is 3.17. The van der Waals surface area contributed by atoms with E-state index in [1.807, 2.05) is 13.0 Å². The molecule has 0 atom stereocenters. The molecule has 100 valence electrons. The lowest BCUT2D eigenvalue weighted by molar-refractivity contribution is 0.619. The molecule has 4 heteroatoms. The van der Waals surface area contributed by atoms with Gasteiger partial charge in [0.15, 0.2) is 0 Å². The quantitative estimate of drug-likeness (QED) is 0.909. The van der Waals surface area contributed by atoms with E-state index in [0.29, 0.717) is 5.56 Å². The number of nitrogens with one attached hydrogen (secondary N) is 1. The summed E-state index contributed by atoms with van der Waals surface area (Å²) in [6.45, 7) is 6.68. The molecule has 0 unspecified atom stereocenters. The van der Waals surface area contributed by atoms with Crippen LogP contribution >= 0.6 is 0 Å². The lowest BCUT2D eigenvalue weighted by Gasteiger charge is -2.12. The summed E-state index contributed by atoms with van der Waals surface area (Å²) in [6.07, 6.45) is 2.54. The fourth-order valence-electron chi connectivity index (χ4n) is 2.01. The van der Waals surface area contributed by atoms with E-state index in [1.165, 1.54) is 12.4 Å². The smallest absolute Gasteiger partial charge is 0.132 e. The highest BCUT2D eigenvalue weighted by atomic mass is 19.1. The average Bonchev–Trinajstić information content (AvgIpc) is 2.41. The van der Waals surface area contributed by atoms with Crippen molar-refractivity contribution >= 4 is 5.82 Å². The zero-order chi connectivity index (χ0) is 13.8. The highest BCUT2D eigenvalue weighted by Crippen LogP contribution is 2.28. The third-order valence-electron chi connectivity index (χ3n) is 3.15. The van der Waals surface area contributed by atoms with E-state index < -0.39 is 0 Å². The molecule has 2 rings (SSSR count). The molecule has 0 saturated heterocycles. The van der Waals surface area contributed by atoms with Crippen molar-refractivity contribution in [2.45, 2.75) is 27.2 Å². The van der Waals surface area contributed by atoms with Gasteiger partial charge in [0.1, 0.15) is 18.0 Å². The number of benzene rings is 1. The summed E-state index contributed by atoms with van der Waals surface area (Å²) in [5.74, 6) is 0.606. The van der Waals surface area contributed by atoms with Crippen LogP contribution in [-0.4, -0.2) is 16.5 Å². The van der Waals surface area contributed by atoms with E-state index in [0.717, 1.165) is 35.6 Å². The third kappa shape index (κ3) is 2.72. The fourth-order valence-corrected chi connectivity index (χ4v) is 2.01. The first kappa shape index (κ1) is 13.5. The number of anilines is 1. The highest BCUT2D eigenvalue weighted by Gasteiger charge is 2.12. The molecule has 0 radical (unpaired) electrons. The number of hydrogen-bond acceptors (Lipinski definition) is 3. The number of hydrogen-bond donors (Lipinski definition) is 1. The van der Waals surface area contributed by atoms with Crippen molar-refractivity contribution in [2.24, 2.45) is 0 Å². The van der Waals surface area contributed by atoms with Crippen LogP contribution < -0.4 is 5.32 Å². The normalized spacial score (nSPS) is 10.5. The SMILES string of the molecule is CCCNc1ncnc(-c2cccc(F)c2C)c1C. The molecule has 1 aromatic carbocycles. The molecule has 0 aliphatic heterocycles. The first-order chi connectivity index (χ1) is 9.15. The Balaban J connectivity index is 2.48. The predicted molar refractivity (Wildman–Crippen MR) is 75.7 cm³/mol. The molecule has 3 nitrogen and oxygen atoms in total. The summed E-state index contributed by atoms with van der Waals surface area (Å²) in [4.78, 5) is 8.54. The van der Waals surface area contributed by atoms with E-state index in [2.05, 4.69) is 22.2 Å². The minimum absolute atomic E-state index is 0.210. The van der Waals surface area contributed by atoms with E-state index in [4.69, 9.17) is 0 Å². The maximum atomic E-state index is 13.6. The Morgan fingerprint density at radius 1 is 1.16 bits per heavy atom. The Morgan fingerprint density at radius 2 is 1.95 bits per heavy atom. The molecule has 0 spiro atoms. The van der Waals surface area contributed by atoms with E-state index >= 15 is 0 Å². The molecule has 1 N–H and O–H groups in total.